The van der Waals surface area contributed by atoms with Crippen molar-refractivity contribution in [3.8, 4) is 22.3 Å². The van der Waals surface area contributed by atoms with Crippen molar-refractivity contribution < 1.29 is 17.1 Å². The van der Waals surface area contributed by atoms with E-state index in [4.69, 9.17) is 9.97 Å². The van der Waals surface area contributed by atoms with Crippen molar-refractivity contribution in [3.05, 3.63) is 94.3 Å². The van der Waals surface area contributed by atoms with Crippen LogP contribution >= 0.6 is 0 Å². The van der Waals surface area contributed by atoms with Gasteiger partial charge in [-0.15, -0.1) is 0 Å². The average molecular weight is 536 g/mol. The molecule has 2 nitrogen and oxygen atoms in total. The third-order valence-corrected chi connectivity index (χ3v) is 6.99. The number of hydrogen-bond acceptors (Lipinski definition) is 2. The van der Waals surface area contributed by atoms with Crippen LogP contribution in [0.4, 0.5) is 0 Å². The Morgan fingerprint density at radius 2 is 0.811 bits per heavy atom. The molecule has 0 amide bonds. The van der Waals surface area contributed by atoms with Gasteiger partial charge in [0.2, 0.25) is 0 Å². The molecule has 0 saturated heterocycles. The van der Waals surface area contributed by atoms with Crippen molar-refractivity contribution >= 4 is 21.8 Å². The van der Waals surface area contributed by atoms with E-state index in [1.807, 2.05) is 0 Å². The first kappa shape index (κ1) is 27.0. The maximum atomic E-state index is 5.31. The van der Waals surface area contributed by atoms with Gasteiger partial charge in [0.15, 0.2) is 0 Å². The molecule has 2 heterocycles. The summed E-state index contributed by atoms with van der Waals surface area (Å²) in [5.74, 6) is 0.610. The van der Waals surface area contributed by atoms with E-state index in [1.165, 1.54) is 44.5 Å². The second-order valence-electron chi connectivity index (χ2n) is 11.1. The molecule has 0 aliphatic carbocycles. The second-order valence-corrected chi connectivity index (χ2v) is 11.1. The molecule has 2 aromatic heterocycles. The summed E-state index contributed by atoms with van der Waals surface area (Å²) in [6.45, 7) is 17.6. The maximum Gasteiger partial charge on any atom is 1.00 e. The predicted molar refractivity (Wildman–Crippen MR) is 155 cm³/mol. The first-order chi connectivity index (χ1) is 17.1. The molecule has 37 heavy (non-hydrogen) atoms. The Kier molecular flexibility index (Phi) is 7.60. The zero-order valence-corrected chi connectivity index (χ0v) is 24.1. The van der Waals surface area contributed by atoms with Crippen molar-refractivity contribution in [2.45, 2.75) is 67.2 Å². The van der Waals surface area contributed by atoms with Crippen molar-refractivity contribution in [2.75, 3.05) is 0 Å². The van der Waals surface area contributed by atoms with E-state index in [1.54, 1.807) is 0 Å². The van der Waals surface area contributed by atoms with Gasteiger partial charge in [-0.2, -0.15) is 0 Å². The zero-order chi connectivity index (χ0) is 25.7. The number of pyridine rings is 2. The van der Waals surface area contributed by atoms with E-state index < -0.39 is 0 Å². The number of rotatable bonds is 4. The summed E-state index contributed by atoms with van der Waals surface area (Å²) in [4.78, 5) is 10.6. The molecule has 0 aliphatic heterocycles. The Hall–Kier alpha value is -3.00. The van der Waals surface area contributed by atoms with Gasteiger partial charge < -0.3 is 0 Å². The largest absolute Gasteiger partial charge is 1.00 e. The number of hydrogen-bond donors (Lipinski definition) is 0. The Labute approximate surface area is 232 Å². The van der Waals surface area contributed by atoms with E-state index in [-0.39, 0.29) is 17.1 Å². The molecule has 0 N–H and O–H groups in total. The van der Waals surface area contributed by atoms with Crippen LogP contribution in [0.15, 0.2) is 60.7 Å². The van der Waals surface area contributed by atoms with Crippen molar-refractivity contribution in [1.82, 2.24) is 9.97 Å². The van der Waals surface area contributed by atoms with Gasteiger partial charge in [0.05, 0.1) is 22.4 Å². The summed E-state index contributed by atoms with van der Waals surface area (Å²) in [5, 5.41) is 2.28. The van der Waals surface area contributed by atoms with Gasteiger partial charge in [-0.1, -0.05) is 98.5 Å². The molecule has 0 radical (unpaired) electrons. The fourth-order valence-electron chi connectivity index (χ4n) is 5.50. The molecule has 0 unspecified atom stereocenters. The molecular weight excluding hydrogens is 500 g/mol. The smallest absolute Gasteiger partial charge is 0.250 e. The summed E-state index contributed by atoms with van der Waals surface area (Å²) in [7, 11) is 0. The first-order valence-corrected chi connectivity index (χ1v) is 13.1. The third kappa shape index (κ3) is 5.21. The first-order valence-electron chi connectivity index (χ1n) is 13.1. The number of nitrogens with zero attached hydrogens (tertiary/aromatic N) is 2. The van der Waals surface area contributed by atoms with Crippen LogP contribution in [0, 0.1) is 27.7 Å². The third-order valence-electron chi connectivity index (χ3n) is 6.99. The van der Waals surface area contributed by atoms with E-state index in [0.29, 0.717) is 11.8 Å². The summed E-state index contributed by atoms with van der Waals surface area (Å²) in [6, 6.07) is 22.6. The summed E-state index contributed by atoms with van der Waals surface area (Å²) in [5.41, 5.74) is 14.3. The van der Waals surface area contributed by atoms with Crippen LogP contribution in [0.3, 0.4) is 0 Å². The zero-order valence-electron chi connectivity index (χ0n) is 23.1. The fraction of sp³-hybridized carbons (Fsp3) is 0.294. The minimum absolute atomic E-state index is 0. The van der Waals surface area contributed by atoms with Crippen molar-refractivity contribution in [3.63, 3.8) is 0 Å². The normalized spacial score (nSPS) is 11.5. The minimum atomic E-state index is 0. The molecule has 0 bridgehead atoms. The van der Waals surface area contributed by atoms with Crippen LogP contribution in [-0.2, 0) is 17.1 Å². The summed E-state index contributed by atoms with van der Waals surface area (Å²) in [6.07, 6.45) is 0. The van der Waals surface area contributed by atoms with E-state index in [0.717, 1.165) is 33.2 Å². The monoisotopic (exact) mass is 535 g/mol. The Balaban J connectivity index is 0.00000320. The van der Waals surface area contributed by atoms with Crippen LogP contribution in [0.2, 0.25) is 0 Å². The molecule has 0 aliphatic rings. The minimum Gasteiger partial charge on any atom is -0.250 e. The van der Waals surface area contributed by atoms with Crippen LogP contribution in [0.25, 0.3) is 44.1 Å². The quantitative estimate of drug-likeness (QED) is 0.169. The summed E-state index contributed by atoms with van der Waals surface area (Å²) < 4.78 is 0. The molecule has 0 atom stereocenters. The number of aromatic nitrogens is 2. The second kappa shape index (κ2) is 10.4. The van der Waals surface area contributed by atoms with E-state index >= 15 is 0 Å². The Bertz CT molecular complexity index is 1470. The van der Waals surface area contributed by atoms with Gasteiger partial charge in [-0.25, -0.2) is 9.97 Å². The van der Waals surface area contributed by atoms with Gasteiger partial charge in [0, 0.05) is 21.9 Å². The molecule has 5 rings (SSSR count). The molecule has 5 aromatic rings. The van der Waals surface area contributed by atoms with Crippen LogP contribution in [0.5, 0.6) is 0 Å². The van der Waals surface area contributed by atoms with Gasteiger partial charge in [-0.3, -0.25) is 0 Å². The summed E-state index contributed by atoms with van der Waals surface area (Å²) >= 11 is 0. The standard InChI is InChI=1S/C34H36N2.Cu/c1-19(2)31-29(27-13-21(5)11-22(6)14-27)17-25-9-10-26-18-30(28-15-23(7)12-24(8)16-28)32(20(3)4)36-34(26)33(25)35-31;/h9-20H,1-8H3;/q;+1. The predicted octanol–water partition coefficient (Wildman–Crippen LogP) is 9.59. The molecule has 3 heteroatoms. The molecule has 0 spiro atoms. The number of aryl methyl sites for hydroxylation is 4. The van der Waals surface area contributed by atoms with Gasteiger partial charge in [-0.05, 0) is 62.8 Å². The topological polar surface area (TPSA) is 25.8 Å². The Morgan fingerprint density at radius 1 is 0.486 bits per heavy atom. The molecule has 0 fully saturated rings. The van der Waals surface area contributed by atoms with Crippen molar-refractivity contribution in [1.29, 1.82) is 0 Å². The van der Waals surface area contributed by atoms with Gasteiger partial charge in [0.1, 0.15) is 0 Å². The fourth-order valence-corrected chi connectivity index (χ4v) is 5.50. The van der Waals surface area contributed by atoms with Crippen LogP contribution in [-0.4, -0.2) is 9.97 Å². The van der Waals surface area contributed by atoms with E-state index in [9.17, 15) is 0 Å². The number of benzene rings is 3. The van der Waals surface area contributed by atoms with Crippen molar-refractivity contribution in [2.24, 2.45) is 0 Å². The molecule has 3 aromatic carbocycles. The molecule has 0 saturated carbocycles. The average Bonchev–Trinajstić information content (AvgIpc) is 2.80. The van der Waals surface area contributed by atoms with E-state index in [2.05, 4.69) is 116 Å². The van der Waals surface area contributed by atoms with Gasteiger partial charge in [0.25, 0.3) is 0 Å². The Morgan fingerprint density at radius 3 is 1.11 bits per heavy atom. The molecular formula is C34H36CuN2+. The molecule has 192 valence electrons. The van der Waals surface area contributed by atoms with Crippen LogP contribution < -0.4 is 0 Å². The maximum absolute atomic E-state index is 5.31. The number of fused-ring (bicyclic) bond motifs is 3. The van der Waals surface area contributed by atoms with Gasteiger partial charge >= 0.3 is 17.1 Å². The SMILES string of the molecule is Cc1cc(C)cc(-c2cc3ccc4cc(-c5cc(C)cc(C)c5)c(C(C)C)nc4c3nc2C(C)C)c1.[Cu+]. The van der Waals surface area contributed by atoms with Crippen LogP contribution in [0.1, 0.15) is 73.2 Å².